The van der Waals surface area contributed by atoms with Gasteiger partial charge in [-0.1, -0.05) is 36.4 Å². The predicted molar refractivity (Wildman–Crippen MR) is 99.7 cm³/mol. The van der Waals surface area contributed by atoms with E-state index in [4.69, 9.17) is 0 Å². The molecule has 2 aromatic rings. The summed E-state index contributed by atoms with van der Waals surface area (Å²) in [6.45, 7) is 2.13. The van der Waals surface area contributed by atoms with Crippen molar-refractivity contribution < 1.29 is 4.79 Å². The minimum atomic E-state index is 0.0315. The molecule has 2 heterocycles. The Morgan fingerprint density at radius 1 is 1.22 bits per heavy atom. The predicted octanol–water partition coefficient (Wildman–Crippen LogP) is 4.55. The van der Waals surface area contributed by atoms with Crippen LogP contribution in [0.2, 0.25) is 0 Å². The Morgan fingerprint density at radius 3 is 2.70 bits per heavy atom. The van der Waals surface area contributed by atoms with Crippen LogP contribution in [-0.2, 0) is 6.42 Å². The minimum Gasteiger partial charge on any atom is -0.338 e. The summed E-state index contributed by atoms with van der Waals surface area (Å²) >= 11 is 5.17. The van der Waals surface area contributed by atoms with E-state index in [0.717, 1.165) is 23.2 Å². The lowest BCUT2D eigenvalue weighted by atomic mass is 10.00. The minimum absolute atomic E-state index is 0.0315. The van der Waals surface area contributed by atoms with Gasteiger partial charge in [0.05, 0.1) is 3.79 Å². The van der Waals surface area contributed by atoms with Crippen LogP contribution in [0.5, 0.6) is 0 Å². The Bertz CT molecular complexity index is 696. The van der Waals surface area contributed by atoms with Crippen molar-refractivity contribution in [2.24, 2.45) is 0 Å². The second-order valence-corrected chi connectivity index (χ2v) is 8.03. The number of benzene rings is 1. The summed E-state index contributed by atoms with van der Waals surface area (Å²) in [5, 5.41) is 3.01. The van der Waals surface area contributed by atoms with Crippen molar-refractivity contribution in [1.82, 2.24) is 10.2 Å². The van der Waals surface area contributed by atoms with Crippen molar-refractivity contribution in [3.8, 4) is 0 Å². The van der Waals surface area contributed by atoms with Crippen LogP contribution >= 0.6 is 27.3 Å². The first kappa shape index (κ1) is 16.3. The van der Waals surface area contributed by atoms with E-state index in [9.17, 15) is 4.79 Å². The zero-order valence-corrected chi connectivity index (χ0v) is 15.2. The molecular weight excluding hydrogens is 372 g/mol. The van der Waals surface area contributed by atoms with Crippen molar-refractivity contribution >= 4 is 38.9 Å². The van der Waals surface area contributed by atoms with Crippen LogP contribution in [0.25, 0.3) is 5.57 Å². The molecular formula is C18H19BrN2OS. The highest BCUT2D eigenvalue weighted by atomic mass is 79.9. The number of hydrogen-bond donors (Lipinski definition) is 1. The molecule has 1 aliphatic heterocycles. The van der Waals surface area contributed by atoms with Gasteiger partial charge in [-0.2, -0.15) is 0 Å². The van der Waals surface area contributed by atoms with Gasteiger partial charge in [0.15, 0.2) is 0 Å². The molecule has 0 bridgehead atoms. The molecule has 0 radical (unpaired) electrons. The van der Waals surface area contributed by atoms with E-state index in [2.05, 4.69) is 57.7 Å². The molecule has 120 valence electrons. The van der Waals surface area contributed by atoms with Crippen LogP contribution in [0.1, 0.15) is 16.9 Å². The van der Waals surface area contributed by atoms with Gasteiger partial charge in [-0.15, -0.1) is 11.3 Å². The second-order valence-electron chi connectivity index (χ2n) is 5.48. The fourth-order valence-electron chi connectivity index (χ4n) is 2.66. The smallest absolute Gasteiger partial charge is 0.317 e. The molecule has 0 saturated heterocycles. The first-order valence-electron chi connectivity index (χ1n) is 7.74. The van der Waals surface area contributed by atoms with Crippen LogP contribution in [-0.4, -0.2) is 30.6 Å². The van der Waals surface area contributed by atoms with Crippen LogP contribution in [0.3, 0.4) is 0 Å². The molecule has 1 aromatic carbocycles. The van der Waals surface area contributed by atoms with Gasteiger partial charge in [-0.25, -0.2) is 4.79 Å². The average Bonchev–Trinajstić information content (AvgIpc) is 3.01. The van der Waals surface area contributed by atoms with Gasteiger partial charge >= 0.3 is 6.03 Å². The summed E-state index contributed by atoms with van der Waals surface area (Å²) in [7, 11) is 0. The number of nitrogens with one attached hydrogen (secondary N) is 1. The molecule has 1 aromatic heterocycles. The molecule has 0 atom stereocenters. The third kappa shape index (κ3) is 4.45. The molecule has 1 aliphatic rings. The van der Waals surface area contributed by atoms with Crippen molar-refractivity contribution in [2.45, 2.75) is 12.8 Å². The Labute approximate surface area is 149 Å². The maximum atomic E-state index is 12.2. The van der Waals surface area contributed by atoms with Gasteiger partial charge in [-0.05, 0) is 52.0 Å². The molecule has 0 aliphatic carbocycles. The van der Waals surface area contributed by atoms with E-state index in [1.807, 2.05) is 17.0 Å². The van der Waals surface area contributed by atoms with Crippen LogP contribution < -0.4 is 5.32 Å². The van der Waals surface area contributed by atoms with E-state index >= 15 is 0 Å². The number of carbonyl (C=O) groups is 1. The van der Waals surface area contributed by atoms with Gasteiger partial charge in [-0.3, -0.25) is 0 Å². The molecule has 23 heavy (non-hydrogen) atoms. The summed E-state index contributed by atoms with van der Waals surface area (Å²) in [6.07, 6.45) is 3.95. The van der Waals surface area contributed by atoms with E-state index < -0.39 is 0 Å². The van der Waals surface area contributed by atoms with E-state index in [1.54, 1.807) is 11.3 Å². The molecule has 3 nitrogen and oxygen atoms in total. The molecule has 5 heteroatoms. The molecule has 0 spiro atoms. The summed E-state index contributed by atoms with van der Waals surface area (Å²) in [6, 6.07) is 14.6. The molecule has 0 fully saturated rings. The van der Waals surface area contributed by atoms with Crippen LogP contribution in [0, 0.1) is 0 Å². The average molecular weight is 391 g/mol. The van der Waals surface area contributed by atoms with Crippen LogP contribution in [0.15, 0.2) is 52.3 Å². The Kier molecular flexibility index (Phi) is 5.51. The highest BCUT2D eigenvalue weighted by Gasteiger charge is 2.17. The number of halogens is 1. The number of carbonyl (C=O) groups excluding carboxylic acids is 1. The third-order valence-corrected chi connectivity index (χ3v) is 5.60. The summed E-state index contributed by atoms with van der Waals surface area (Å²) in [5.41, 5.74) is 2.59. The van der Waals surface area contributed by atoms with Crippen LogP contribution in [0.4, 0.5) is 4.79 Å². The third-order valence-electron chi connectivity index (χ3n) is 3.92. The van der Waals surface area contributed by atoms with Gasteiger partial charge in [0.1, 0.15) is 0 Å². The van der Waals surface area contributed by atoms with Crippen molar-refractivity contribution in [1.29, 1.82) is 0 Å². The van der Waals surface area contributed by atoms with Gasteiger partial charge in [0.2, 0.25) is 0 Å². The lowest BCUT2D eigenvalue weighted by Gasteiger charge is -2.26. The standard InChI is InChI=1S/C18H19BrN2OS/c19-17-7-6-16(23-17)8-11-20-18(22)21-12-9-15(10-13-21)14-4-2-1-3-5-14/h1-7,9H,8,10-13H2,(H,20,22). The van der Waals surface area contributed by atoms with E-state index in [1.165, 1.54) is 16.0 Å². The quantitative estimate of drug-likeness (QED) is 0.815. The lowest BCUT2D eigenvalue weighted by molar-refractivity contribution is 0.203. The SMILES string of the molecule is O=C(NCCc1ccc(Br)s1)N1CC=C(c2ccccc2)CC1. The molecule has 3 rings (SSSR count). The largest absolute Gasteiger partial charge is 0.338 e. The zero-order valence-electron chi connectivity index (χ0n) is 12.8. The fraction of sp³-hybridized carbons (Fsp3) is 0.278. The Balaban J connectivity index is 1.47. The van der Waals surface area contributed by atoms with Gasteiger partial charge in [0, 0.05) is 24.5 Å². The first-order valence-corrected chi connectivity index (χ1v) is 9.35. The van der Waals surface area contributed by atoms with Gasteiger partial charge < -0.3 is 10.2 Å². The maximum absolute atomic E-state index is 12.2. The van der Waals surface area contributed by atoms with E-state index in [-0.39, 0.29) is 6.03 Å². The highest BCUT2D eigenvalue weighted by molar-refractivity contribution is 9.11. The van der Waals surface area contributed by atoms with Gasteiger partial charge in [0.25, 0.3) is 0 Å². The maximum Gasteiger partial charge on any atom is 0.317 e. The number of amides is 2. The second kappa shape index (κ2) is 7.79. The highest BCUT2D eigenvalue weighted by Crippen LogP contribution is 2.23. The molecule has 0 saturated carbocycles. The molecule has 1 N–H and O–H groups in total. The van der Waals surface area contributed by atoms with Crippen molar-refractivity contribution in [2.75, 3.05) is 19.6 Å². The number of thiophene rings is 1. The number of hydrogen-bond acceptors (Lipinski definition) is 2. The van der Waals surface area contributed by atoms with Crippen molar-refractivity contribution in [3.05, 3.63) is 62.8 Å². The zero-order chi connectivity index (χ0) is 16.1. The number of nitrogens with zero attached hydrogens (tertiary/aromatic N) is 1. The number of rotatable bonds is 4. The Morgan fingerprint density at radius 2 is 2.04 bits per heavy atom. The van der Waals surface area contributed by atoms with E-state index in [0.29, 0.717) is 13.1 Å². The number of urea groups is 1. The monoisotopic (exact) mass is 390 g/mol. The first-order chi connectivity index (χ1) is 11.2. The summed E-state index contributed by atoms with van der Waals surface area (Å²) in [4.78, 5) is 15.4. The molecule has 2 amide bonds. The fourth-order valence-corrected chi connectivity index (χ4v) is 4.14. The lowest BCUT2D eigenvalue weighted by Crippen LogP contribution is -2.42. The Hall–Kier alpha value is -1.59. The summed E-state index contributed by atoms with van der Waals surface area (Å²) in [5.74, 6) is 0. The normalized spacial score (nSPS) is 14.5. The summed E-state index contributed by atoms with van der Waals surface area (Å²) < 4.78 is 1.13. The molecule has 0 unspecified atom stereocenters. The topological polar surface area (TPSA) is 32.3 Å². The van der Waals surface area contributed by atoms with Crippen molar-refractivity contribution in [3.63, 3.8) is 0 Å².